The minimum atomic E-state index is 0.566. The van der Waals surface area contributed by atoms with E-state index in [-0.39, 0.29) is 0 Å². The zero-order valence-corrected chi connectivity index (χ0v) is 8.10. The molecule has 3 rings (SSSR count). The molecule has 0 bridgehead atoms. The van der Waals surface area contributed by atoms with E-state index in [1.165, 1.54) is 0 Å². The third-order valence-electron chi connectivity index (χ3n) is 2.65. The Kier molecular flexibility index (Phi) is 1.73. The maximum Gasteiger partial charge on any atom is 0.136 e. The Morgan fingerprint density at radius 3 is 3.27 bits per heavy atom. The van der Waals surface area contributed by atoms with Gasteiger partial charge in [-0.05, 0) is 18.2 Å². The van der Waals surface area contributed by atoms with Crippen molar-refractivity contribution >= 4 is 11.0 Å². The Bertz CT molecular complexity index is 565. The van der Waals surface area contributed by atoms with Gasteiger partial charge < -0.3 is 9.30 Å². The van der Waals surface area contributed by atoms with Crippen LogP contribution in [0, 0.1) is 11.3 Å². The predicted molar refractivity (Wildman–Crippen MR) is 54.1 cm³/mol. The van der Waals surface area contributed by atoms with Crippen LogP contribution in [-0.4, -0.2) is 16.2 Å². The van der Waals surface area contributed by atoms with Crippen LogP contribution in [0.4, 0.5) is 0 Å². The molecule has 0 unspecified atom stereocenters. The molecule has 0 aliphatic carbocycles. The third-order valence-corrected chi connectivity index (χ3v) is 2.65. The van der Waals surface area contributed by atoms with Crippen molar-refractivity contribution in [2.75, 3.05) is 6.61 Å². The van der Waals surface area contributed by atoms with Crippen LogP contribution in [0.3, 0.4) is 0 Å². The van der Waals surface area contributed by atoms with Gasteiger partial charge in [-0.2, -0.15) is 5.26 Å². The Balaban J connectivity index is 2.28. The van der Waals surface area contributed by atoms with E-state index in [4.69, 9.17) is 10.00 Å². The van der Waals surface area contributed by atoms with Gasteiger partial charge in [0.1, 0.15) is 12.4 Å². The number of hydrogen-bond donors (Lipinski definition) is 0. The molecule has 2 aromatic rings. The van der Waals surface area contributed by atoms with Gasteiger partial charge in [0.15, 0.2) is 0 Å². The summed E-state index contributed by atoms with van der Waals surface area (Å²) >= 11 is 0. The Morgan fingerprint density at radius 1 is 1.47 bits per heavy atom. The lowest BCUT2D eigenvalue weighted by molar-refractivity contribution is 0.0830. The van der Waals surface area contributed by atoms with Gasteiger partial charge in [0.2, 0.25) is 0 Å². The number of benzene rings is 1. The SMILES string of the molecule is N#Cc1ccc2c(c1)nc1n2CCOC1. The molecule has 0 saturated carbocycles. The number of fused-ring (bicyclic) bond motifs is 3. The van der Waals surface area contributed by atoms with Crippen LogP contribution >= 0.6 is 0 Å². The molecule has 0 spiro atoms. The summed E-state index contributed by atoms with van der Waals surface area (Å²) in [6, 6.07) is 7.72. The molecule has 1 aromatic heterocycles. The van der Waals surface area contributed by atoms with E-state index in [9.17, 15) is 0 Å². The van der Waals surface area contributed by atoms with Gasteiger partial charge in [-0.3, -0.25) is 0 Å². The molecule has 1 aromatic carbocycles. The van der Waals surface area contributed by atoms with E-state index in [2.05, 4.69) is 15.6 Å². The normalized spacial score (nSPS) is 14.9. The molecule has 0 amide bonds. The molecule has 0 saturated heterocycles. The van der Waals surface area contributed by atoms with E-state index >= 15 is 0 Å². The highest BCUT2D eigenvalue weighted by atomic mass is 16.5. The van der Waals surface area contributed by atoms with Crippen LogP contribution < -0.4 is 0 Å². The van der Waals surface area contributed by atoms with Crippen LogP contribution in [0.25, 0.3) is 11.0 Å². The van der Waals surface area contributed by atoms with Crippen LogP contribution in [0.2, 0.25) is 0 Å². The Hall–Kier alpha value is -1.86. The number of hydrogen-bond acceptors (Lipinski definition) is 3. The van der Waals surface area contributed by atoms with Crippen LogP contribution in [0.1, 0.15) is 11.4 Å². The number of aromatic nitrogens is 2. The maximum absolute atomic E-state index is 8.79. The summed E-state index contributed by atoms with van der Waals surface area (Å²) in [4.78, 5) is 4.45. The van der Waals surface area contributed by atoms with Crippen LogP contribution in [0.15, 0.2) is 18.2 Å². The highest BCUT2D eigenvalue weighted by Crippen LogP contribution is 2.20. The second-order valence-electron chi connectivity index (χ2n) is 3.55. The first kappa shape index (κ1) is 8.45. The van der Waals surface area contributed by atoms with Crippen molar-refractivity contribution in [2.24, 2.45) is 0 Å². The van der Waals surface area contributed by atoms with E-state index < -0.39 is 0 Å². The van der Waals surface area contributed by atoms with E-state index in [0.717, 1.165) is 30.0 Å². The summed E-state index contributed by atoms with van der Waals surface area (Å²) < 4.78 is 7.49. The molecule has 0 radical (unpaired) electrons. The largest absolute Gasteiger partial charge is 0.372 e. The summed E-state index contributed by atoms with van der Waals surface area (Å²) in [6.45, 7) is 2.15. The maximum atomic E-state index is 8.79. The number of ether oxygens (including phenoxy) is 1. The summed E-state index contributed by atoms with van der Waals surface area (Å²) in [5.41, 5.74) is 2.63. The fraction of sp³-hybridized carbons (Fsp3) is 0.273. The van der Waals surface area contributed by atoms with Gasteiger partial charge in [-0.25, -0.2) is 4.98 Å². The van der Waals surface area contributed by atoms with Gasteiger partial charge in [0.05, 0.1) is 29.3 Å². The van der Waals surface area contributed by atoms with E-state index in [1.54, 1.807) is 0 Å². The Morgan fingerprint density at radius 2 is 2.40 bits per heavy atom. The molecule has 4 nitrogen and oxygen atoms in total. The zero-order chi connectivity index (χ0) is 10.3. The molecule has 15 heavy (non-hydrogen) atoms. The number of rotatable bonds is 0. The fourth-order valence-corrected chi connectivity index (χ4v) is 1.93. The predicted octanol–water partition coefficient (Wildman–Crippen LogP) is 1.44. The Labute approximate surface area is 86.7 Å². The molecule has 1 aliphatic heterocycles. The molecule has 0 atom stereocenters. The van der Waals surface area contributed by atoms with Gasteiger partial charge in [-0.1, -0.05) is 0 Å². The molecule has 0 fully saturated rings. The molecule has 0 N–H and O–H groups in total. The van der Waals surface area contributed by atoms with Crippen molar-refractivity contribution in [1.29, 1.82) is 5.26 Å². The first-order valence-corrected chi connectivity index (χ1v) is 4.85. The van der Waals surface area contributed by atoms with Crippen molar-refractivity contribution in [3.63, 3.8) is 0 Å². The monoisotopic (exact) mass is 199 g/mol. The molecular formula is C11H9N3O. The molecule has 2 heterocycles. The summed E-state index contributed by atoms with van der Waals surface area (Å²) in [5.74, 6) is 0.950. The van der Waals surface area contributed by atoms with Crippen molar-refractivity contribution in [3.05, 3.63) is 29.6 Å². The zero-order valence-electron chi connectivity index (χ0n) is 8.10. The van der Waals surface area contributed by atoms with Gasteiger partial charge in [0, 0.05) is 6.54 Å². The summed E-state index contributed by atoms with van der Waals surface area (Å²) in [7, 11) is 0. The second kappa shape index (κ2) is 3.07. The smallest absolute Gasteiger partial charge is 0.136 e. The average Bonchev–Trinajstić information content (AvgIpc) is 2.66. The quantitative estimate of drug-likeness (QED) is 0.645. The average molecular weight is 199 g/mol. The second-order valence-corrected chi connectivity index (χ2v) is 3.55. The number of imidazole rings is 1. The molecule has 1 aliphatic rings. The van der Waals surface area contributed by atoms with Crippen molar-refractivity contribution < 1.29 is 4.74 Å². The lowest BCUT2D eigenvalue weighted by Gasteiger charge is -2.14. The lowest BCUT2D eigenvalue weighted by Crippen LogP contribution is -2.16. The van der Waals surface area contributed by atoms with Crippen molar-refractivity contribution in [3.8, 4) is 6.07 Å². The minimum absolute atomic E-state index is 0.566. The topological polar surface area (TPSA) is 50.8 Å². The molecular weight excluding hydrogens is 190 g/mol. The van der Waals surface area contributed by atoms with E-state index in [0.29, 0.717) is 12.2 Å². The van der Waals surface area contributed by atoms with Crippen LogP contribution in [-0.2, 0) is 17.9 Å². The molecule has 4 heteroatoms. The standard InChI is InChI=1S/C11H9N3O/c12-6-8-1-2-10-9(5-8)13-11-7-15-4-3-14(10)11/h1-2,5H,3-4,7H2. The summed E-state index contributed by atoms with van der Waals surface area (Å²) in [5, 5.41) is 8.79. The van der Waals surface area contributed by atoms with Gasteiger partial charge in [-0.15, -0.1) is 0 Å². The molecule has 74 valence electrons. The van der Waals surface area contributed by atoms with Crippen molar-refractivity contribution in [2.45, 2.75) is 13.2 Å². The number of nitriles is 1. The fourth-order valence-electron chi connectivity index (χ4n) is 1.93. The van der Waals surface area contributed by atoms with Crippen molar-refractivity contribution in [1.82, 2.24) is 9.55 Å². The third kappa shape index (κ3) is 1.21. The first-order valence-electron chi connectivity index (χ1n) is 4.85. The van der Waals surface area contributed by atoms with Gasteiger partial charge >= 0.3 is 0 Å². The summed E-state index contributed by atoms with van der Waals surface area (Å²) in [6.07, 6.45) is 0. The number of nitrogens with zero attached hydrogens (tertiary/aromatic N) is 3. The minimum Gasteiger partial charge on any atom is -0.372 e. The first-order chi connectivity index (χ1) is 7.38. The van der Waals surface area contributed by atoms with E-state index in [1.807, 2.05) is 18.2 Å². The highest BCUT2D eigenvalue weighted by molar-refractivity contribution is 5.77. The lowest BCUT2D eigenvalue weighted by atomic mass is 10.2. The van der Waals surface area contributed by atoms with Gasteiger partial charge in [0.25, 0.3) is 0 Å². The van der Waals surface area contributed by atoms with Crippen LogP contribution in [0.5, 0.6) is 0 Å². The highest BCUT2D eigenvalue weighted by Gasteiger charge is 2.14.